The third-order valence-electron chi connectivity index (χ3n) is 9.18. The van der Waals surface area contributed by atoms with Gasteiger partial charge in [0.25, 0.3) is 5.91 Å². The van der Waals surface area contributed by atoms with Crippen molar-refractivity contribution in [3.05, 3.63) is 52.1 Å². The normalized spacial score (nSPS) is 14.7. The minimum Gasteiger partial charge on any atom is -0.496 e. The number of amides is 1. The van der Waals surface area contributed by atoms with E-state index >= 15 is 0 Å². The molecule has 0 saturated heterocycles. The summed E-state index contributed by atoms with van der Waals surface area (Å²) in [4.78, 5) is 37.0. The molecule has 1 unspecified atom stereocenters. The highest BCUT2D eigenvalue weighted by molar-refractivity contribution is 6.03. The fourth-order valence-electron chi connectivity index (χ4n) is 6.17. The van der Waals surface area contributed by atoms with Gasteiger partial charge in [0.2, 0.25) is 0 Å². The molecule has 3 N–H and O–H groups in total. The summed E-state index contributed by atoms with van der Waals surface area (Å²) >= 11 is 0. The van der Waals surface area contributed by atoms with Gasteiger partial charge in [-0.15, -0.1) is 0 Å². The molecule has 0 saturated carbocycles. The highest BCUT2D eigenvalue weighted by Crippen LogP contribution is 2.48. The maximum atomic E-state index is 14.0. The number of rotatable bonds is 21. The van der Waals surface area contributed by atoms with Crippen molar-refractivity contribution in [3.63, 3.8) is 0 Å². The van der Waals surface area contributed by atoms with Gasteiger partial charge >= 0.3 is 0 Å². The monoisotopic (exact) mass is 729 g/mol. The molecule has 0 aliphatic carbocycles. The van der Waals surface area contributed by atoms with Crippen LogP contribution in [0.1, 0.15) is 99.9 Å². The molecular formula is C39H55NO12. The number of carbonyl (C=O) groups is 3. The summed E-state index contributed by atoms with van der Waals surface area (Å²) < 4.78 is 41.0. The van der Waals surface area contributed by atoms with Crippen molar-refractivity contribution in [2.24, 2.45) is 0 Å². The molecule has 1 heterocycles. The Morgan fingerprint density at radius 1 is 0.923 bits per heavy atom. The number of ether oxygens (including phenoxy) is 7. The molecule has 13 heteroatoms. The maximum absolute atomic E-state index is 14.0. The molecule has 52 heavy (non-hydrogen) atoms. The van der Waals surface area contributed by atoms with E-state index in [1.807, 2.05) is 40.7 Å². The summed E-state index contributed by atoms with van der Waals surface area (Å²) in [6.07, 6.45) is 5.25. The van der Waals surface area contributed by atoms with Crippen LogP contribution in [-0.2, 0) is 31.9 Å². The smallest absolute Gasteiger partial charge is 0.269 e. The number of fused-ring (bicyclic) bond motifs is 1. The Hall–Kier alpha value is -4.17. The summed E-state index contributed by atoms with van der Waals surface area (Å²) in [6, 6.07) is 5.42. The fourth-order valence-corrected chi connectivity index (χ4v) is 6.17. The third kappa shape index (κ3) is 11.2. The molecule has 1 aliphatic rings. The van der Waals surface area contributed by atoms with Gasteiger partial charge in [-0.05, 0) is 79.2 Å². The van der Waals surface area contributed by atoms with Crippen molar-refractivity contribution < 1.29 is 57.9 Å². The van der Waals surface area contributed by atoms with E-state index < -0.39 is 35.6 Å². The second-order valence-corrected chi connectivity index (χ2v) is 14.0. The van der Waals surface area contributed by atoms with Crippen LogP contribution in [0.25, 0.3) is 0 Å². The molecule has 1 amide bonds. The highest BCUT2D eigenvalue weighted by Gasteiger charge is 2.36. The minimum atomic E-state index is -0.704. The van der Waals surface area contributed by atoms with Crippen molar-refractivity contribution in [1.29, 1.82) is 0 Å². The Morgan fingerprint density at radius 3 is 2.19 bits per heavy atom. The number of carbonyl (C=O) groups excluding carboxylic acids is 3. The number of Topliss-reactive ketones (excluding diaryl/α,β-unsaturated/α-hetero) is 2. The summed E-state index contributed by atoms with van der Waals surface area (Å²) in [7, 11) is 6.20. The standard InChI is InChI=1S/C39H55NO12/c1-24(11-10-17-38(2,3)51-23-34(44)40-45)12-13-27-26(14-15-30(46-6)36(27)48-8)32-19-29(43)35-33(52-32)20-31(47-7)28(37(35)49-9)16-18-39(4,5)50-22-25(42)21-41/h12,14-15,20,32,41,45H,10-11,13,16-19,21-23H2,1-9H3,(H,40,44)/b24-12+. The fraction of sp³-hybridized carbons (Fsp3) is 0.564. The number of nitrogens with one attached hydrogen (secondary N) is 1. The van der Waals surface area contributed by atoms with E-state index in [-0.39, 0.29) is 25.4 Å². The van der Waals surface area contributed by atoms with Crippen LogP contribution in [-0.4, -0.2) is 87.2 Å². The molecule has 1 atom stereocenters. The van der Waals surface area contributed by atoms with Crippen LogP contribution in [0.15, 0.2) is 29.8 Å². The van der Waals surface area contributed by atoms with Gasteiger partial charge in [-0.1, -0.05) is 17.7 Å². The summed E-state index contributed by atoms with van der Waals surface area (Å²) in [5, 5.41) is 17.8. The van der Waals surface area contributed by atoms with Crippen molar-refractivity contribution in [2.45, 2.75) is 96.9 Å². The van der Waals surface area contributed by atoms with E-state index in [1.165, 1.54) is 7.11 Å². The average molecular weight is 730 g/mol. The van der Waals surface area contributed by atoms with Crippen molar-refractivity contribution in [1.82, 2.24) is 5.48 Å². The van der Waals surface area contributed by atoms with Gasteiger partial charge in [0.05, 0.1) is 46.1 Å². The quantitative estimate of drug-likeness (QED) is 0.0819. The van der Waals surface area contributed by atoms with Crippen LogP contribution in [0, 0.1) is 0 Å². The molecule has 288 valence electrons. The lowest BCUT2D eigenvalue weighted by Crippen LogP contribution is -2.32. The Balaban J connectivity index is 1.89. The summed E-state index contributed by atoms with van der Waals surface area (Å²) in [5.41, 5.74) is 4.11. The number of hydrogen-bond donors (Lipinski definition) is 3. The first-order valence-corrected chi connectivity index (χ1v) is 17.3. The van der Waals surface area contributed by atoms with E-state index in [0.29, 0.717) is 65.6 Å². The Labute approximate surface area is 306 Å². The molecular weight excluding hydrogens is 674 g/mol. The van der Waals surface area contributed by atoms with Crippen molar-refractivity contribution in [2.75, 3.05) is 48.3 Å². The molecule has 1 aliphatic heterocycles. The Morgan fingerprint density at radius 2 is 1.58 bits per heavy atom. The Kier molecular flexibility index (Phi) is 15.5. The topological polar surface area (TPSA) is 168 Å². The highest BCUT2D eigenvalue weighted by atomic mass is 16.5. The number of allylic oxidation sites excluding steroid dienone is 2. The van der Waals surface area contributed by atoms with Gasteiger partial charge < -0.3 is 38.3 Å². The molecule has 2 aromatic carbocycles. The summed E-state index contributed by atoms with van der Waals surface area (Å²) in [6.45, 7) is 8.56. The van der Waals surface area contributed by atoms with Gasteiger partial charge in [0.15, 0.2) is 23.1 Å². The van der Waals surface area contributed by atoms with Crippen LogP contribution in [0.4, 0.5) is 0 Å². The van der Waals surface area contributed by atoms with E-state index in [9.17, 15) is 14.4 Å². The average Bonchev–Trinajstić information content (AvgIpc) is 3.12. The predicted molar refractivity (Wildman–Crippen MR) is 193 cm³/mol. The number of aliphatic hydroxyl groups excluding tert-OH is 1. The second-order valence-electron chi connectivity index (χ2n) is 14.0. The van der Waals surface area contributed by atoms with Gasteiger partial charge in [-0.3, -0.25) is 19.6 Å². The van der Waals surface area contributed by atoms with Crippen molar-refractivity contribution >= 4 is 17.5 Å². The maximum Gasteiger partial charge on any atom is 0.269 e. The number of ketones is 2. The summed E-state index contributed by atoms with van der Waals surface area (Å²) in [5.74, 6) is 1.16. The van der Waals surface area contributed by atoms with Crippen LogP contribution < -0.4 is 29.2 Å². The van der Waals surface area contributed by atoms with Crippen LogP contribution in [0.2, 0.25) is 0 Å². The number of methoxy groups -OCH3 is 4. The first kappa shape index (κ1) is 42.2. The van der Waals surface area contributed by atoms with E-state index in [1.54, 1.807) is 38.9 Å². The Bertz CT molecular complexity index is 1600. The van der Waals surface area contributed by atoms with Gasteiger partial charge in [-0.25, -0.2) is 5.48 Å². The lowest BCUT2D eigenvalue weighted by Gasteiger charge is -2.31. The van der Waals surface area contributed by atoms with Crippen LogP contribution in [0.5, 0.6) is 28.7 Å². The lowest BCUT2D eigenvalue weighted by atomic mass is 9.88. The van der Waals surface area contributed by atoms with E-state index in [2.05, 4.69) is 6.08 Å². The van der Waals surface area contributed by atoms with Gasteiger partial charge in [0.1, 0.15) is 48.7 Å². The first-order chi connectivity index (χ1) is 24.6. The van der Waals surface area contributed by atoms with Crippen LogP contribution in [0.3, 0.4) is 0 Å². The first-order valence-electron chi connectivity index (χ1n) is 17.3. The minimum absolute atomic E-state index is 0.0571. The zero-order chi connectivity index (χ0) is 38.6. The van der Waals surface area contributed by atoms with Crippen molar-refractivity contribution in [3.8, 4) is 28.7 Å². The lowest BCUT2D eigenvalue weighted by molar-refractivity contribution is -0.140. The molecule has 0 aromatic heterocycles. The molecule has 2 aromatic rings. The number of aliphatic hydroxyl groups is 1. The zero-order valence-corrected chi connectivity index (χ0v) is 31.9. The van der Waals surface area contributed by atoms with E-state index in [0.717, 1.165) is 29.5 Å². The largest absolute Gasteiger partial charge is 0.496 e. The molecule has 13 nitrogen and oxygen atoms in total. The molecule has 0 fully saturated rings. The SMILES string of the molecule is COc1cc2c(c(OC)c1CCC(C)(C)OCC(=O)CO)C(=O)CC(c1ccc(OC)c(OC)c1C/C=C(\C)CCCC(C)(C)OCC(=O)NO)O2. The van der Waals surface area contributed by atoms with Crippen LogP contribution >= 0.6 is 0 Å². The number of hydrogen-bond acceptors (Lipinski definition) is 12. The predicted octanol–water partition coefficient (Wildman–Crippen LogP) is 5.68. The molecule has 0 bridgehead atoms. The second kappa shape index (κ2) is 19.1. The van der Waals surface area contributed by atoms with Gasteiger partial charge in [-0.2, -0.15) is 0 Å². The molecule has 0 spiro atoms. The molecule has 3 rings (SSSR count). The molecule has 0 radical (unpaired) electrons. The number of hydroxylamine groups is 1. The van der Waals surface area contributed by atoms with Gasteiger partial charge in [0, 0.05) is 22.8 Å². The third-order valence-corrected chi connectivity index (χ3v) is 9.18. The zero-order valence-electron chi connectivity index (χ0n) is 31.9. The number of benzene rings is 2. The van der Waals surface area contributed by atoms with E-state index in [4.69, 9.17) is 43.5 Å².